The molecule has 0 aromatic heterocycles. The van der Waals surface area contributed by atoms with Crippen LogP contribution in [0.25, 0.3) is 0 Å². The maximum absolute atomic E-state index is 10.0. The van der Waals surface area contributed by atoms with E-state index in [0.29, 0.717) is 6.61 Å². The second-order valence-corrected chi connectivity index (χ2v) is 5.94. The minimum atomic E-state index is -0.578. The summed E-state index contributed by atoms with van der Waals surface area (Å²) in [4.78, 5) is 0. The molecule has 0 aromatic carbocycles. The Bertz CT molecular complexity index is 234. The second-order valence-electron chi connectivity index (χ2n) is 5.94. The third-order valence-corrected chi connectivity index (χ3v) is 2.68. The van der Waals surface area contributed by atoms with Crippen molar-refractivity contribution in [3.63, 3.8) is 0 Å². The Kier molecular flexibility index (Phi) is 4.95. The Labute approximate surface area is 104 Å². The maximum atomic E-state index is 10.0. The van der Waals surface area contributed by atoms with Gasteiger partial charge in [0.05, 0.1) is 24.4 Å². The Morgan fingerprint density at radius 3 is 2.35 bits per heavy atom. The molecule has 1 aliphatic rings. The molecule has 0 radical (unpaired) electrons. The summed E-state index contributed by atoms with van der Waals surface area (Å²) in [6, 6.07) is 0. The monoisotopic (exact) mass is 246 g/mol. The van der Waals surface area contributed by atoms with Gasteiger partial charge in [-0.15, -0.1) is 0 Å². The fraction of sp³-hybridized carbons (Fsp3) is 1.00. The van der Waals surface area contributed by atoms with Gasteiger partial charge in [0.2, 0.25) is 0 Å². The van der Waals surface area contributed by atoms with E-state index in [2.05, 4.69) is 0 Å². The van der Waals surface area contributed by atoms with Gasteiger partial charge in [0, 0.05) is 0 Å². The molecule has 0 bridgehead atoms. The van der Waals surface area contributed by atoms with Gasteiger partial charge in [-0.3, -0.25) is 0 Å². The highest BCUT2D eigenvalue weighted by atomic mass is 16.6. The number of ether oxygens (including phenoxy) is 3. The van der Waals surface area contributed by atoms with Crippen molar-refractivity contribution in [2.75, 3.05) is 6.61 Å². The molecule has 4 nitrogen and oxygen atoms in total. The zero-order chi connectivity index (χ0) is 13.2. The van der Waals surface area contributed by atoms with E-state index in [1.165, 1.54) is 0 Å². The van der Waals surface area contributed by atoms with Crippen LogP contribution in [0.2, 0.25) is 0 Å². The molecule has 4 atom stereocenters. The van der Waals surface area contributed by atoms with E-state index in [1.54, 1.807) is 0 Å². The van der Waals surface area contributed by atoms with E-state index in [1.807, 2.05) is 41.5 Å². The van der Waals surface area contributed by atoms with Gasteiger partial charge in [0.1, 0.15) is 18.3 Å². The second kappa shape index (κ2) is 5.65. The molecular formula is C13H26O4. The summed E-state index contributed by atoms with van der Waals surface area (Å²) in [5, 5.41) is 10.0. The minimum Gasteiger partial charge on any atom is -0.388 e. The normalized spacial score (nSPS) is 34.6. The van der Waals surface area contributed by atoms with E-state index in [-0.39, 0.29) is 30.0 Å². The third kappa shape index (κ3) is 4.54. The zero-order valence-corrected chi connectivity index (χ0v) is 11.8. The lowest BCUT2D eigenvalue weighted by Crippen LogP contribution is -2.39. The smallest absolute Gasteiger partial charge is 0.115 e. The van der Waals surface area contributed by atoms with Crippen molar-refractivity contribution in [3.8, 4) is 0 Å². The summed E-state index contributed by atoms with van der Waals surface area (Å²) >= 11 is 0. The lowest BCUT2D eigenvalue weighted by molar-refractivity contribution is -0.111. The number of aliphatic hydroxyl groups excluding tert-OH is 1. The molecule has 0 spiro atoms. The third-order valence-electron chi connectivity index (χ3n) is 2.68. The molecule has 1 unspecified atom stereocenters. The fourth-order valence-corrected chi connectivity index (χ4v) is 1.87. The topological polar surface area (TPSA) is 47.9 Å². The summed E-state index contributed by atoms with van der Waals surface area (Å²) in [6.45, 7) is 12.2. The van der Waals surface area contributed by atoms with Crippen LogP contribution in [0, 0.1) is 0 Å². The van der Waals surface area contributed by atoms with E-state index in [9.17, 15) is 5.11 Å². The quantitative estimate of drug-likeness (QED) is 0.821. The first-order chi connectivity index (χ1) is 7.70. The van der Waals surface area contributed by atoms with Crippen LogP contribution in [-0.2, 0) is 14.2 Å². The van der Waals surface area contributed by atoms with Gasteiger partial charge < -0.3 is 19.3 Å². The van der Waals surface area contributed by atoms with E-state index < -0.39 is 6.10 Å². The Hall–Kier alpha value is -0.160. The molecule has 4 heteroatoms. The summed E-state index contributed by atoms with van der Waals surface area (Å²) < 4.78 is 17.1. The number of rotatable bonds is 4. The summed E-state index contributed by atoms with van der Waals surface area (Å²) in [6.07, 6.45) is -1.20. The largest absolute Gasteiger partial charge is 0.388 e. The lowest BCUT2D eigenvalue weighted by atomic mass is 10.1. The van der Waals surface area contributed by atoms with Crippen molar-refractivity contribution in [2.45, 2.75) is 77.7 Å². The van der Waals surface area contributed by atoms with Crippen molar-refractivity contribution in [1.82, 2.24) is 0 Å². The van der Waals surface area contributed by atoms with Crippen molar-refractivity contribution in [1.29, 1.82) is 0 Å². The van der Waals surface area contributed by atoms with Crippen molar-refractivity contribution in [2.24, 2.45) is 0 Å². The molecule has 17 heavy (non-hydrogen) atoms. The predicted octanol–water partition coefficient (Wildman–Crippen LogP) is 1.74. The van der Waals surface area contributed by atoms with Crippen LogP contribution in [-0.4, -0.2) is 47.8 Å². The van der Waals surface area contributed by atoms with E-state index in [0.717, 1.165) is 0 Å². The Morgan fingerprint density at radius 1 is 1.29 bits per heavy atom. The van der Waals surface area contributed by atoms with Crippen LogP contribution >= 0.6 is 0 Å². The molecule has 1 aliphatic heterocycles. The first kappa shape index (κ1) is 14.9. The van der Waals surface area contributed by atoms with Crippen molar-refractivity contribution < 1.29 is 19.3 Å². The van der Waals surface area contributed by atoms with Crippen LogP contribution in [0.1, 0.15) is 41.5 Å². The van der Waals surface area contributed by atoms with Crippen LogP contribution < -0.4 is 0 Å². The van der Waals surface area contributed by atoms with Crippen LogP contribution in [0.15, 0.2) is 0 Å². The van der Waals surface area contributed by atoms with E-state index >= 15 is 0 Å². The van der Waals surface area contributed by atoms with Gasteiger partial charge in [-0.05, 0) is 41.5 Å². The van der Waals surface area contributed by atoms with Crippen LogP contribution in [0.3, 0.4) is 0 Å². The molecule has 102 valence electrons. The highest BCUT2D eigenvalue weighted by molar-refractivity contribution is 4.90. The number of aliphatic hydroxyl groups is 1. The van der Waals surface area contributed by atoms with Gasteiger partial charge in [0.15, 0.2) is 0 Å². The van der Waals surface area contributed by atoms with Gasteiger partial charge in [0.25, 0.3) is 0 Å². The SMILES string of the molecule is CC(C)O[C@H]1C(O)[C@H](C)O[C@@H]1COC(C)(C)C. The summed E-state index contributed by atoms with van der Waals surface area (Å²) in [7, 11) is 0. The van der Waals surface area contributed by atoms with Gasteiger partial charge >= 0.3 is 0 Å². The Balaban J connectivity index is 2.56. The van der Waals surface area contributed by atoms with Gasteiger partial charge in [-0.2, -0.15) is 0 Å². The molecule has 1 N–H and O–H groups in total. The molecule has 1 heterocycles. The minimum absolute atomic E-state index is 0.0701. The molecule has 1 rings (SSSR count). The maximum Gasteiger partial charge on any atom is 0.115 e. The highest BCUT2D eigenvalue weighted by Gasteiger charge is 2.43. The average Bonchev–Trinajstić information content (AvgIpc) is 2.41. The van der Waals surface area contributed by atoms with Crippen molar-refractivity contribution in [3.05, 3.63) is 0 Å². The average molecular weight is 246 g/mol. The van der Waals surface area contributed by atoms with Crippen LogP contribution in [0.5, 0.6) is 0 Å². The number of hydrogen-bond donors (Lipinski definition) is 1. The molecule has 0 amide bonds. The molecule has 0 saturated carbocycles. The lowest BCUT2D eigenvalue weighted by Gasteiger charge is -2.26. The Morgan fingerprint density at radius 2 is 1.88 bits per heavy atom. The molecule has 1 saturated heterocycles. The molecule has 1 fully saturated rings. The predicted molar refractivity (Wildman–Crippen MR) is 66.1 cm³/mol. The highest BCUT2D eigenvalue weighted by Crippen LogP contribution is 2.26. The molecule has 0 aromatic rings. The van der Waals surface area contributed by atoms with Gasteiger partial charge in [-0.25, -0.2) is 0 Å². The molecular weight excluding hydrogens is 220 g/mol. The standard InChI is InChI=1S/C13H26O4/c1-8(2)16-12-10(7-15-13(4,5)6)17-9(3)11(12)14/h8-12,14H,7H2,1-6H3/t9-,10+,11?,12+/m0/s1. The fourth-order valence-electron chi connectivity index (χ4n) is 1.87. The zero-order valence-electron chi connectivity index (χ0n) is 11.8. The first-order valence-corrected chi connectivity index (χ1v) is 6.33. The van der Waals surface area contributed by atoms with Gasteiger partial charge in [-0.1, -0.05) is 0 Å². The van der Waals surface area contributed by atoms with E-state index in [4.69, 9.17) is 14.2 Å². The summed E-state index contributed by atoms with van der Waals surface area (Å²) in [5.74, 6) is 0. The summed E-state index contributed by atoms with van der Waals surface area (Å²) in [5.41, 5.74) is -0.206. The van der Waals surface area contributed by atoms with Crippen LogP contribution in [0.4, 0.5) is 0 Å². The van der Waals surface area contributed by atoms with Crippen molar-refractivity contribution >= 4 is 0 Å². The number of hydrogen-bond acceptors (Lipinski definition) is 4. The molecule has 0 aliphatic carbocycles. The first-order valence-electron chi connectivity index (χ1n) is 6.33.